The third-order valence-electron chi connectivity index (χ3n) is 1.79. The minimum absolute atomic E-state index is 0.149. The van der Waals surface area contributed by atoms with Gasteiger partial charge in [0.05, 0.1) is 5.69 Å². The van der Waals surface area contributed by atoms with Crippen LogP contribution < -0.4 is 11.0 Å². The summed E-state index contributed by atoms with van der Waals surface area (Å²) in [5, 5.41) is 1.34. The molecular formula is C6H9N5O. The highest BCUT2D eigenvalue weighted by Crippen LogP contribution is 2.15. The Morgan fingerprint density at radius 3 is 3.08 bits per heavy atom. The maximum absolute atomic E-state index is 11.4. The summed E-state index contributed by atoms with van der Waals surface area (Å²) in [7, 11) is 1.63. The molecule has 0 aliphatic carbocycles. The van der Waals surface area contributed by atoms with Crippen LogP contribution in [0.1, 0.15) is 5.69 Å². The number of fused-ring (bicyclic) bond motifs is 1. The number of aryl methyl sites for hydroxylation is 1. The van der Waals surface area contributed by atoms with E-state index in [2.05, 4.69) is 15.9 Å². The number of amides is 1. The van der Waals surface area contributed by atoms with Gasteiger partial charge in [-0.2, -0.15) is 0 Å². The van der Waals surface area contributed by atoms with Crippen LogP contribution in [0, 0.1) is 6.92 Å². The molecule has 0 saturated heterocycles. The molecular weight excluding hydrogens is 158 g/mol. The average Bonchev–Trinajstić information content (AvgIpc) is 2.41. The first kappa shape index (κ1) is 7.11. The molecule has 1 aliphatic rings. The summed E-state index contributed by atoms with van der Waals surface area (Å²) in [6, 6.07) is -0.149. The minimum atomic E-state index is -0.149. The maximum Gasteiger partial charge on any atom is 0.346 e. The van der Waals surface area contributed by atoms with E-state index in [4.69, 9.17) is 0 Å². The minimum Gasteiger partial charge on any atom is -0.287 e. The normalized spacial score (nSPS) is 15.8. The molecule has 64 valence electrons. The molecule has 0 aromatic carbocycles. The Morgan fingerprint density at radius 1 is 1.58 bits per heavy atom. The number of hydrogen-bond acceptors (Lipinski definition) is 4. The molecule has 1 aliphatic heterocycles. The van der Waals surface area contributed by atoms with Gasteiger partial charge in [-0.05, 0) is 6.92 Å². The van der Waals surface area contributed by atoms with E-state index < -0.39 is 0 Å². The van der Waals surface area contributed by atoms with Crippen LogP contribution in [0.15, 0.2) is 6.33 Å². The Balaban J connectivity index is 2.50. The van der Waals surface area contributed by atoms with Gasteiger partial charge in [0.25, 0.3) is 0 Å². The Hall–Kier alpha value is -1.56. The molecule has 0 fully saturated rings. The van der Waals surface area contributed by atoms with E-state index >= 15 is 0 Å². The molecule has 6 nitrogen and oxygen atoms in total. The molecule has 1 aromatic heterocycles. The number of anilines is 1. The molecule has 1 aromatic rings. The van der Waals surface area contributed by atoms with Crippen LogP contribution in [0.25, 0.3) is 0 Å². The largest absolute Gasteiger partial charge is 0.346 e. The van der Waals surface area contributed by atoms with Crippen molar-refractivity contribution in [3.8, 4) is 0 Å². The summed E-state index contributed by atoms with van der Waals surface area (Å²) >= 11 is 0. The molecule has 0 radical (unpaired) electrons. The number of rotatable bonds is 0. The van der Waals surface area contributed by atoms with E-state index in [0.29, 0.717) is 5.82 Å². The van der Waals surface area contributed by atoms with Gasteiger partial charge in [-0.15, -0.1) is 5.53 Å². The van der Waals surface area contributed by atoms with Gasteiger partial charge in [0.2, 0.25) is 0 Å². The average molecular weight is 167 g/mol. The van der Waals surface area contributed by atoms with Crippen LogP contribution in [0.4, 0.5) is 10.6 Å². The fourth-order valence-corrected chi connectivity index (χ4v) is 1.08. The van der Waals surface area contributed by atoms with Crippen LogP contribution in [0.2, 0.25) is 0 Å². The highest BCUT2D eigenvalue weighted by atomic mass is 16.2. The molecule has 2 N–H and O–H groups in total. The number of nitrogens with zero attached hydrogens (tertiary/aromatic N) is 3. The number of hydrogen-bond donors (Lipinski definition) is 2. The Kier molecular flexibility index (Phi) is 1.31. The van der Waals surface area contributed by atoms with Crippen LogP contribution in [-0.2, 0) is 0 Å². The number of imidazole rings is 1. The summed E-state index contributed by atoms with van der Waals surface area (Å²) in [5.41, 5.74) is 6.33. The van der Waals surface area contributed by atoms with Crippen molar-refractivity contribution in [2.75, 3.05) is 12.5 Å². The molecule has 0 saturated carbocycles. The lowest BCUT2D eigenvalue weighted by Crippen LogP contribution is -2.49. The van der Waals surface area contributed by atoms with E-state index in [1.807, 2.05) is 6.92 Å². The topological polar surface area (TPSA) is 62.2 Å². The van der Waals surface area contributed by atoms with Gasteiger partial charge in [0, 0.05) is 7.05 Å². The Bertz CT molecular complexity index is 331. The summed E-state index contributed by atoms with van der Waals surface area (Å²) < 4.78 is 1.45. The standard InChI is InChI=1S/C6H9N5O/c1-4-5-8-9-10(2)6(12)11(5)3-7-4/h3,8-9H,1-2H3. The van der Waals surface area contributed by atoms with Crippen molar-refractivity contribution in [2.45, 2.75) is 6.92 Å². The molecule has 0 bridgehead atoms. The lowest BCUT2D eigenvalue weighted by atomic mass is 10.5. The van der Waals surface area contributed by atoms with E-state index in [1.54, 1.807) is 7.05 Å². The van der Waals surface area contributed by atoms with Gasteiger partial charge in [-0.25, -0.2) is 19.4 Å². The van der Waals surface area contributed by atoms with Crippen molar-refractivity contribution in [3.05, 3.63) is 12.0 Å². The molecule has 2 rings (SSSR count). The quantitative estimate of drug-likeness (QED) is 0.568. The lowest BCUT2D eigenvalue weighted by molar-refractivity contribution is 0.189. The van der Waals surface area contributed by atoms with Gasteiger partial charge >= 0.3 is 6.03 Å². The van der Waals surface area contributed by atoms with Gasteiger partial charge in [0.1, 0.15) is 6.33 Å². The van der Waals surface area contributed by atoms with Crippen LogP contribution in [-0.4, -0.2) is 27.6 Å². The summed E-state index contributed by atoms with van der Waals surface area (Å²) in [6.07, 6.45) is 1.50. The third-order valence-corrected chi connectivity index (χ3v) is 1.79. The third kappa shape index (κ3) is 0.782. The zero-order valence-corrected chi connectivity index (χ0v) is 6.83. The van der Waals surface area contributed by atoms with E-state index in [0.717, 1.165) is 5.69 Å². The van der Waals surface area contributed by atoms with Gasteiger partial charge < -0.3 is 0 Å². The molecule has 0 atom stereocenters. The zero-order valence-electron chi connectivity index (χ0n) is 6.83. The van der Waals surface area contributed by atoms with Crippen molar-refractivity contribution in [2.24, 2.45) is 0 Å². The van der Waals surface area contributed by atoms with Gasteiger partial charge in [-0.3, -0.25) is 5.43 Å². The molecule has 2 heterocycles. The van der Waals surface area contributed by atoms with Crippen LogP contribution in [0.3, 0.4) is 0 Å². The highest BCUT2D eigenvalue weighted by Gasteiger charge is 2.21. The molecule has 12 heavy (non-hydrogen) atoms. The predicted octanol–water partition coefficient (Wildman–Crippen LogP) is -0.0635. The smallest absolute Gasteiger partial charge is 0.287 e. The zero-order chi connectivity index (χ0) is 8.72. The van der Waals surface area contributed by atoms with Crippen molar-refractivity contribution >= 4 is 11.8 Å². The van der Waals surface area contributed by atoms with Crippen molar-refractivity contribution in [1.82, 2.24) is 20.1 Å². The van der Waals surface area contributed by atoms with E-state index in [1.165, 1.54) is 15.9 Å². The molecule has 1 amide bonds. The predicted molar refractivity (Wildman–Crippen MR) is 42.3 cm³/mol. The fraction of sp³-hybridized carbons (Fsp3) is 0.333. The monoisotopic (exact) mass is 167 g/mol. The second-order valence-electron chi connectivity index (χ2n) is 2.63. The van der Waals surface area contributed by atoms with Crippen molar-refractivity contribution in [1.29, 1.82) is 0 Å². The molecule has 0 spiro atoms. The summed E-state index contributed by atoms with van der Waals surface area (Å²) in [5.74, 6) is 0.693. The van der Waals surface area contributed by atoms with Gasteiger partial charge in [0.15, 0.2) is 5.82 Å². The second kappa shape index (κ2) is 2.21. The van der Waals surface area contributed by atoms with E-state index in [-0.39, 0.29) is 6.03 Å². The number of nitrogens with one attached hydrogen (secondary N) is 2. The summed E-state index contributed by atoms with van der Waals surface area (Å²) in [6.45, 7) is 1.83. The molecule has 0 unspecified atom stereocenters. The van der Waals surface area contributed by atoms with Crippen LogP contribution >= 0.6 is 0 Å². The first-order chi connectivity index (χ1) is 5.70. The number of aromatic nitrogens is 2. The highest BCUT2D eigenvalue weighted by molar-refractivity contribution is 5.81. The fourth-order valence-electron chi connectivity index (χ4n) is 1.08. The Labute approximate surface area is 69.1 Å². The van der Waals surface area contributed by atoms with Crippen molar-refractivity contribution in [3.63, 3.8) is 0 Å². The van der Waals surface area contributed by atoms with E-state index in [9.17, 15) is 4.79 Å². The first-order valence-corrected chi connectivity index (χ1v) is 3.54. The second-order valence-corrected chi connectivity index (χ2v) is 2.63. The lowest BCUT2D eigenvalue weighted by Gasteiger charge is -2.25. The number of hydrazine groups is 2. The first-order valence-electron chi connectivity index (χ1n) is 3.54. The molecule has 6 heteroatoms. The number of carbonyl (C=O) groups is 1. The van der Waals surface area contributed by atoms with Crippen LogP contribution in [0.5, 0.6) is 0 Å². The Morgan fingerprint density at radius 2 is 2.33 bits per heavy atom. The summed E-state index contributed by atoms with van der Waals surface area (Å²) in [4.78, 5) is 15.4. The van der Waals surface area contributed by atoms with Crippen molar-refractivity contribution < 1.29 is 4.79 Å². The number of carbonyl (C=O) groups excluding carboxylic acids is 1. The maximum atomic E-state index is 11.4. The SMILES string of the molecule is Cc1ncn2c1NNN(C)C2=O. The van der Waals surface area contributed by atoms with Gasteiger partial charge in [-0.1, -0.05) is 0 Å².